The van der Waals surface area contributed by atoms with E-state index in [2.05, 4.69) is 13.8 Å². The minimum atomic E-state index is -0.336. The molecule has 1 aromatic rings. The first kappa shape index (κ1) is 12.9. The first-order valence-corrected chi connectivity index (χ1v) is 5.98. The summed E-state index contributed by atoms with van der Waals surface area (Å²) in [7, 11) is 0. The van der Waals surface area contributed by atoms with E-state index < -0.39 is 0 Å². The molecule has 0 bridgehead atoms. The summed E-state index contributed by atoms with van der Waals surface area (Å²) in [5.74, 6) is -0.197. The summed E-state index contributed by atoms with van der Waals surface area (Å²) in [5.41, 5.74) is 0.506. The molecule has 88 valence electrons. The number of hydrogen-bond acceptors (Lipinski definition) is 1. The molecular formula is C14H19FO. The zero-order valence-corrected chi connectivity index (χ0v) is 10.0. The largest absolute Gasteiger partial charge is 0.294 e. The van der Waals surface area contributed by atoms with E-state index in [-0.39, 0.29) is 17.5 Å². The van der Waals surface area contributed by atoms with Crippen LogP contribution < -0.4 is 0 Å². The maximum Gasteiger partial charge on any atom is 0.166 e. The van der Waals surface area contributed by atoms with Crippen LogP contribution in [0, 0.1) is 11.7 Å². The lowest BCUT2D eigenvalue weighted by Gasteiger charge is -2.13. The molecule has 0 unspecified atom stereocenters. The summed E-state index contributed by atoms with van der Waals surface area (Å²) < 4.78 is 13.0. The number of ketones is 1. The van der Waals surface area contributed by atoms with Crippen LogP contribution in [0.25, 0.3) is 0 Å². The Kier molecular flexibility index (Phi) is 5.17. The van der Waals surface area contributed by atoms with Gasteiger partial charge in [-0.25, -0.2) is 4.39 Å². The summed E-state index contributed by atoms with van der Waals surface area (Å²) in [6, 6.07) is 5.99. The smallest absolute Gasteiger partial charge is 0.166 e. The van der Waals surface area contributed by atoms with E-state index in [0.29, 0.717) is 5.56 Å². The van der Waals surface area contributed by atoms with Gasteiger partial charge in [-0.2, -0.15) is 0 Å². The normalized spacial score (nSPS) is 10.8. The second-order valence-corrected chi connectivity index (χ2v) is 4.15. The Morgan fingerprint density at radius 2 is 1.88 bits per heavy atom. The van der Waals surface area contributed by atoms with E-state index >= 15 is 0 Å². The number of rotatable bonds is 6. The van der Waals surface area contributed by atoms with Crippen LogP contribution in [-0.4, -0.2) is 5.78 Å². The average molecular weight is 222 g/mol. The summed E-state index contributed by atoms with van der Waals surface area (Å²) >= 11 is 0. The van der Waals surface area contributed by atoms with Gasteiger partial charge in [-0.15, -0.1) is 0 Å². The van der Waals surface area contributed by atoms with Crippen molar-refractivity contribution in [3.8, 4) is 0 Å². The third kappa shape index (κ3) is 3.44. The molecule has 0 saturated heterocycles. The standard InChI is InChI=1S/C14H19FO/c1-3-6-11(7-4-2)14(16)12-8-5-9-13(15)10-12/h5,8-11H,3-4,6-7H2,1-2H3. The highest BCUT2D eigenvalue weighted by atomic mass is 19.1. The molecule has 0 radical (unpaired) electrons. The lowest BCUT2D eigenvalue weighted by Crippen LogP contribution is -2.14. The number of Topliss-reactive ketones (excluding diaryl/α,β-unsaturated/α-hetero) is 1. The molecule has 0 fully saturated rings. The topological polar surface area (TPSA) is 17.1 Å². The van der Waals surface area contributed by atoms with Gasteiger partial charge in [0.15, 0.2) is 5.78 Å². The van der Waals surface area contributed by atoms with E-state index in [1.807, 2.05) is 0 Å². The predicted octanol–water partition coefficient (Wildman–Crippen LogP) is 4.22. The van der Waals surface area contributed by atoms with Crippen molar-refractivity contribution in [1.82, 2.24) is 0 Å². The average Bonchev–Trinajstić information content (AvgIpc) is 2.28. The molecule has 2 heteroatoms. The van der Waals surface area contributed by atoms with E-state index in [1.165, 1.54) is 12.1 Å². The number of halogens is 1. The summed E-state index contributed by atoms with van der Waals surface area (Å²) in [5, 5.41) is 0. The molecule has 0 atom stereocenters. The van der Waals surface area contributed by atoms with E-state index in [9.17, 15) is 9.18 Å². The number of carbonyl (C=O) groups is 1. The fraction of sp³-hybridized carbons (Fsp3) is 0.500. The Hall–Kier alpha value is -1.18. The van der Waals surface area contributed by atoms with Crippen molar-refractivity contribution in [2.24, 2.45) is 5.92 Å². The Morgan fingerprint density at radius 3 is 2.38 bits per heavy atom. The van der Waals surface area contributed by atoms with Crippen LogP contribution in [0.4, 0.5) is 4.39 Å². The number of hydrogen-bond donors (Lipinski definition) is 0. The maximum absolute atomic E-state index is 13.0. The van der Waals surface area contributed by atoms with Gasteiger partial charge in [0.25, 0.3) is 0 Å². The molecule has 1 aromatic carbocycles. The Balaban J connectivity index is 2.81. The molecule has 0 amide bonds. The second-order valence-electron chi connectivity index (χ2n) is 4.15. The van der Waals surface area contributed by atoms with Gasteiger partial charge in [-0.3, -0.25) is 4.79 Å². The molecule has 0 heterocycles. The van der Waals surface area contributed by atoms with Crippen molar-refractivity contribution in [3.05, 3.63) is 35.6 Å². The molecular weight excluding hydrogens is 203 g/mol. The molecule has 16 heavy (non-hydrogen) atoms. The first-order valence-electron chi connectivity index (χ1n) is 5.98. The molecule has 1 nitrogen and oxygen atoms in total. The first-order chi connectivity index (χ1) is 7.69. The zero-order valence-electron chi connectivity index (χ0n) is 10.0. The second kappa shape index (κ2) is 6.41. The van der Waals surface area contributed by atoms with E-state index in [4.69, 9.17) is 0 Å². The highest BCUT2D eigenvalue weighted by Gasteiger charge is 2.18. The molecule has 0 aromatic heterocycles. The lowest BCUT2D eigenvalue weighted by molar-refractivity contribution is 0.0904. The van der Waals surface area contributed by atoms with Gasteiger partial charge in [0.1, 0.15) is 5.82 Å². The molecule has 1 rings (SSSR count). The summed E-state index contributed by atoms with van der Waals surface area (Å²) in [6.07, 6.45) is 3.77. The van der Waals surface area contributed by atoms with Crippen molar-refractivity contribution in [1.29, 1.82) is 0 Å². The van der Waals surface area contributed by atoms with Crippen LogP contribution >= 0.6 is 0 Å². The van der Waals surface area contributed by atoms with Gasteiger partial charge in [-0.05, 0) is 25.0 Å². The van der Waals surface area contributed by atoms with Crippen LogP contribution in [0.15, 0.2) is 24.3 Å². The fourth-order valence-electron chi connectivity index (χ4n) is 1.98. The van der Waals surface area contributed by atoms with Gasteiger partial charge in [0.05, 0.1) is 0 Å². The van der Waals surface area contributed by atoms with Crippen molar-refractivity contribution >= 4 is 5.78 Å². The van der Waals surface area contributed by atoms with Gasteiger partial charge in [0.2, 0.25) is 0 Å². The van der Waals surface area contributed by atoms with Crippen LogP contribution in [-0.2, 0) is 0 Å². The lowest BCUT2D eigenvalue weighted by atomic mass is 9.90. The molecule has 0 aliphatic rings. The summed E-state index contributed by atoms with van der Waals surface area (Å²) in [6.45, 7) is 4.14. The van der Waals surface area contributed by atoms with Crippen molar-refractivity contribution in [3.63, 3.8) is 0 Å². The molecule has 0 N–H and O–H groups in total. The summed E-state index contributed by atoms with van der Waals surface area (Å²) in [4.78, 5) is 12.1. The molecule has 0 aliphatic carbocycles. The third-order valence-corrected chi connectivity index (χ3v) is 2.75. The van der Waals surface area contributed by atoms with Gasteiger partial charge >= 0.3 is 0 Å². The van der Waals surface area contributed by atoms with E-state index in [1.54, 1.807) is 12.1 Å². The number of carbonyl (C=O) groups excluding carboxylic acids is 1. The van der Waals surface area contributed by atoms with Crippen LogP contribution in [0.1, 0.15) is 49.9 Å². The van der Waals surface area contributed by atoms with Gasteiger partial charge in [0, 0.05) is 11.5 Å². The highest BCUT2D eigenvalue weighted by Crippen LogP contribution is 2.19. The Bertz CT molecular complexity index is 340. The van der Waals surface area contributed by atoms with Crippen LogP contribution in [0.3, 0.4) is 0 Å². The SMILES string of the molecule is CCCC(CCC)C(=O)c1cccc(F)c1. The van der Waals surface area contributed by atoms with Crippen molar-refractivity contribution in [2.45, 2.75) is 39.5 Å². The zero-order chi connectivity index (χ0) is 12.0. The van der Waals surface area contributed by atoms with Crippen LogP contribution in [0.2, 0.25) is 0 Å². The Morgan fingerprint density at radius 1 is 1.25 bits per heavy atom. The minimum Gasteiger partial charge on any atom is -0.294 e. The minimum absolute atomic E-state index is 0.0526. The quantitative estimate of drug-likeness (QED) is 0.658. The molecule has 0 spiro atoms. The van der Waals surface area contributed by atoms with Crippen molar-refractivity contribution in [2.75, 3.05) is 0 Å². The van der Waals surface area contributed by atoms with Gasteiger partial charge < -0.3 is 0 Å². The third-order valence-electron chi connectivity index (χ3n) is 2.75. The molecule has 0 saturated carbocycles. The Labute approximate surface area is 96.7 Å². The van der Waals surface area contributed by atoms with Crippen molar-refractivity contribution < 1.29 is 9.18 Å². The highest BCUT2D eigenvalue weighted by molar-refractivity contribution is 5.97. The maximum atomic E-state index is 13.0. The van der Waals surface area contributed by atoms with Gasteiger partial charge in [-0.1, -0.05) is 38.8 Å². The van der Waals surface area contributed by atoms with Crippen LogP contribution in [0.5, 0.6) is 0 Å². The monoisotopic (exact) mass is 222 g/mol. The predicted molar refractivity (Wildman–Crippen MR) is 64.0 cm³/mol. The fourth-order valence-corrected chi connectivity index (χ4v) is 1.98. The number of benzene rings is 1. The molecule has 0 aliphatic heterocycles. The van der Waals surface area contributed by atoms with E-state index in [0.717, 1.165) is 25.7 Å².